The highest BCUT2D eigenvalue weighted by molar-refractivity contribution is 5.82. The van der Waals surface area contributed by atoms with Gasteiger partial charge in [-0.1, -0.05) is 51.8 Å². The summed E-state index contributed by atoms with van der Waals surface area (Å²) in [6.07, 6.45) is 4.46. The number of benzene rings is 3. The van der Waals surface area contributed by atoms with E-state index in [1.807, 2.05) is 32.0 Å². The van der Waals surface area contributed by atoms with Gasteiger partial charge in [0, 0.05) is 42.0 Å². The number of phenols is 1. The van der Waals surface area contributed by atoms with Crippen molar-refractivity contribution in [3.05, 3.63) is 71.0 Å². The zero-order valence-electron chi connectivity index (χ0n) is 26.3. The fourth-order valence-electron chi connectivity index (χ4n) is 5.59. The number of aromatic hydroxyl groups is 1. The first-order valence-corrected chi connectivity index (χ1v) is 15.9. The van der Waals surface area contributed by atoms with Crippen molar-refractivity contribution in [3.8, 4) is 34.1 Å². The summed E-state index contributed by atoms with van der Waals surface area (Å²) in [6, 6.07) is 13.4. The van der Waals surface area contributed by atoms with Crippen LogP contribution < -0.4 is 24.6 Å². The molecule has 2 N–H and O–H groups in total. The van der Waals surface area contributed by atoms with E-state index in [1.165, 1.54) is 12.1 Å². The Bertz CT molecular complexity index is 1460. The molecule has 0 saturated carbocycles. The van der Waals surface area contributed by atoms with Crippen molar-refractivity contribution < 1.29 is 38.4 Å². The molecule has 0 bridgehead atoms. The van der Waals surface area contributed by atoms with Gasteiger partial charge in [-0.3, -0.25) is 4.79 Å². The van der Waals surface area contributed by atoms with Crippen molar-refractivity contribution in [2.75, 3.05) is 19.8 Å². The highest BCUT2D eigenvalue weighted by Gasteiger charge is 2.29. The smallest absolute Gasteiger partial charge is 0.261 e. The normalized spacial score (nSPS) is 14.6. The number of carbonyl (C=O) groups is 2. The number of fused-ring (bicyclic) bond motifs is 1. The van der Waals surface area contributed by atoms with E-state index in [2.05, 4.69) is 12.2 Å². The second kappa shape index (κ2) is 16.2. The predicted octanol–water partition coefficient (Wildman–Crippen LogP) is 5.54. The second-order valence-corrected chi connectivity index (χ2v) is 11.4. The predicted molar refractivity (Wildman–Crippen MR) is 168 cm³/mol. The first kappa shape index (κ1) is 33.6. The van der Waals surface area contributed by atoms with Gasteiger partial charge < -0.3 is 34.5 Å². The van der Waals surface area contributed by atoms with Crippen LogP contribution in [0.1, 0.15) is 69.6 Å². The molecule has 0 radical (unpaired) electrons. The van der Waals surface area contributed by atoms with Gasteiger partial charge in [-0.15, -0.1) is 0 Å². The summed E-state index contributed by atoms with van der Waals surface area (Å²) in [5, 5.41) is 24.8. The summed E-state index contributed by atoms with van der Waals surface area (Å²) >= 11 is 0. The molecule has 1 amide bonds. The SMILES string of the molecule is CCCc1c(OCCCOc2cc(O)c(-c3ccc(F)cc3)cc2CC)ccc2c1OC(C(=O)NCC(CCC)C(=O)[O-])CC2. The molecule has 0 spiro atoms. The molecular weight excluding hydrogens is 577 g/mol. The van der Waals surface area contributed by atoms with E-state index in [-0.39, 0.29) is 24.0 Å². The Kier molecular flexibility index (Phi) is 12.1. The number of amides is 1. The summed E-state index contributed by atoms with van der Waals surface area (Å²) in [7, 11) is 0. The number of carboxylic acid groups (broad SMARTS) is 1. The third kappa shape index (κ3) is 8.68. The average molecular weight is 621 g/mol. The Balaban J connectivity index is 1.35. The number of aliphatic carboxylic acids is 1. The molecule has 3 aromatic carbocycles. The van der Waals surface area contributed by atoms with Crippen LogP contribution in [0.5, 0.6) is 23.0 Å². The van der Waals surface area contributed by atoms with Gasteiger partial charge in [0.05, 0.1) is 13.2 Å². The largest absolute Gasteiger partial charge is 0.550 e. The van der Waals surface area contributed by atoms with E-state index < -0.39 is 18.0 Å². The van der Waals surface area contributed by atoms with E-state index >= 15 is 0 Å². The fourth-order valence-corrected chi connectivity index (χ4v) is 5.59. The molecule has 0 aromatic heterocycles. The topological polar surface area (TPSA) is 117 Å². The molecule has 1 aliphatic heterocycles. The summed E-state index contributed by atoms with van der Waals surface area (Å²) in [5.74, 6) is -0.506. The van der Waals surface area contributed by atoms with E-state index in [0.717, 1.165) is 28.7 Å². The monoisotopic (exact) mass is 620 g/mol. The van der Waals surface area contributed by atoms with Gasteiger partial charge in [-0.05, 0) is 73.1 Å². The minimum Gasteiger partial charge on any atom is -0.550 e. The van der Waals surface area contributed by atoms with Crippen LogP contribution in [-0.4, -0.2) is 42.8 Å². The van der Waals surface area contributed by atoms with Gasteiger partial charge in [-0.25, -0.2) is 4.39 Å². The number of rotatable bonds is 16. The molecule has 8 nitrogen and oxygen atoms in total. The maximum absolute atomic E-state index is 13.4. The van der Waals surface area contributed by atoms with Crippen LogP contribution in [0.2, 0.25) is 0 Å². The van der Waals surface area contributed by atoms with Crippen molar-refractivity contribution in [1.29, 1.82) is 0 Å². The Hall–Kier alpha value is -4.27. The van der Waals surface area contributed by atoms with Crippen molar-refractivity contribution >= 4 is 11.9 Å². The number of nitrogens with one attached hydrogen (secondary N) is 1. The van der Waals surface area contributed by atoms with Crippen LogP contribution in [-0.2, 0) is 28.9 Å². The summed E-state index contributed by atoms with van der Waals surface area (Å²) in [4.78, 5) is 24.3. The summed E-state index contributed by atoms with van der Waals surface area (Å²) < 4.78 is 31.8. The van der Waals surface area contributed by atoms with E-state index in [0.29, 0.717) is 81.0 Å². The fraction of sp³-hybridized carbons (Fsp3) is 0.444. The molecule has 45 heavy (non-hydrogen) atoms. The minimum absolute atomic E-state index is 0.0204. The highest BCUT2D eigenvalue weighted by atomic mass is 19.1. The Morgan fingerprint density at radius 1 is 1.04 bits per heavy atom. The number of hydrogen-bond donors (Lipinski definition) is 2. The molecule has 2 unspecified atom stereocenters. The lowest BCUT2D eigenvalue weighted by molar-refractivity contribution is -0.311. The van der Waals surface area contributed by atoms with Crippen LogP contribution in [0.25, 0.3) is 11.1 Å². The zero-order chi connectivity index (χ0) is 32.3. The number of ether oxygens (including phenoxy) is 3. The molecule has 3 aromatic rings. The van der Waals surface area contributed by atoms with Crippen molar-refractivity contribution in [3.63, 3.8) is 0 Å². The number of carbonyl (C=O) groups excluding carboxylic acids is 2. The number of aryl methyl sites for hydroxylation is 2. The Labute approximate surface area is 264 Å². The Morgan fingerprint density at radius 2 is 1.78 bits per heavy atom. The van der Waals surface area contributed by atoms with Gasteiger partial charge >= 0.3 is 0 Å². The van der Waals surface area contributed by atoms with Gasteiger partial charge in [-0.2, -0.15) is 0 Å². The molecule has 2 atom stereocenters. The number of carboxylic acids is 1. The molecule has 0 fully saturated rings. The molecule has 0 saturated heterocycles. The Morgan fingerprint density at radius 3 is 2.44 bits per heavy atom. The third-order valence-electron chi connectivity index (χ3n) is 8.04. The van der Waals surface area contributed by atoms with E-state index in [9.17, 15) is 24.2 Å². The first-order valence-electron chi connectivity index (χ1n) is 15.9. The summed E-state index contributed by atoms with van der Waals surface area (Å²) in [5.41, 5.74) is 4.22. The lowest BCUT2D eigenvalue weighted by Crippen LogP contribution is -2.45. The van der Waals surface area contributed by atoms with Crippen molar-refractivity contribution in [2.24, 2.45) is 5.92 Å². The first-order chi connectivity index (χ1) is 21.7. The van der Waals surface area contributed by atoms with Crippen LogP contribution in [0, 0.1) is 11.7 Å². The van der Waals surface area contributed by atoms with Gasteiger partial charge in [0.2, 0.25) is 0 Å². The van der Waals surface area contributed by atoms with Gasteiger partial charge in [0.15, 0.2) is 6.10 Å². The van der Waals surface area contributed by atoms with Crippen LogP contribution >= 0.6 is 0 Å². The zero-order valence-corrected chi connectivity index (χ0v) is 26.3. The van der Waals surface area contributed by atoms with Gasteiger partial charge in [0.25, 0.3) is 5.91 Å². The van der Waals surface area contributed by atoms with E-state index in [1.54, 1.807) is 18.2 Å². The lowest BCUT2D eigenvalue weighted by atomic mass is 9.96. The number of halogens is 1. The highest BCUT2D eigenvalue weighted by Crippen LogP contribution is 2.39. The quantitative estimate of drug-likeness (QED) is 0.202. The molecular formula is C36H43FNO7-. The molecule has 242 valence electrons. The van der Waals surface area contributed by atoms with Crippen molar-refractivity contribution in [2.45, 2.75) is 78.2 Å². The lowest BCUT2D eigenvalue weighted by Gasteiger charge is -2.29. The molecule has 0 aliphatic carbocycles. The minimum atomic E-state index is -1.16. The molecule has 9 heteroatoms. The van der Waals surface area contributed by atoms with E-state index in [4.69, 9.17) is 14.2 Å². The number of phenolic OH excluding ortho intramolecular Hbond substituents is 1. The molecule has 4 rings (SSSR count). The summed E-state index contributed by atoms with van der Waals surface area (Å²) in [6.45, 7) is 6.76. The molecule has 1 heterocycles. The van der Waals surface area contributed by atoms with Crippen LogP contribution in [0.15, 0.2) is 48.5 Å². The standard InChI is InChI=1S/C36H44FNO7/c1-4-8-26(36(41)42)22-38-35(40)32-17-13-25-12-16-31(28(9-5-2)34(25)45-32)43-18-7-19-44-33-21-30(39)29(20-23(33)6-3)24-10-14-27(37)15-11-24/h10-12,14-16,20-21,26,32,39H,4-9,13,17-19,22H2,1-3H3,(H,38,40)(H,41,42)/p-1. The maximum Gasteiger partial charge on any atom is 0.261 e. The number of hydrogen-bond acceptors (Lipinski definition) is 7. The average Bonchev–Trinajstić information content (AvgIpc) is 3.03. The second-order valence-electron chi connectivity index (χ2n) is 11.4. The maximum atomic E-state index is 13.4. The molecule has 1 aliphatic rings. The van der Waals surface area contributed by atoms with Crippen molar-refractivity contribution in [1.82, 2.24) is 5.32 Å². The van der Waals surface area contributed by atoms with Crippen LogP contribution in [0.3, 0.4) is 0 Å². The van der Waals surface area contributed by atoms with Gasteiger partial charge in [0.1, 0.15) is 28.8 Å². The van der Waals surface area contributed by atoms with Crippen LogP contribution in [0.4, 0.5) is 4.39 Å². The third-order valence-corrected chi connectivity index (χ3v) is 8.04.